The molecule has 2 fully saturated rings. The summed E-state index contributed by atoms with van der Waals surface area (Å²) >= 11 is 0. The van der Waals surface area contributed by atoms with Crippen LogP contribution in [0.2, 0.25) is 0 Å². The van der Waals surface area contributed by atoms with Gasteiger partial charge in [-0.1, -0.05) is 5.16 Å². The molecule has 0 saturated carbocycles. The van der Waals surface area contributed by atoms with Gasteiger partial charge in [0.05, 0.1) is 6.04 Å². The van der Waals surface area contributed by atoms with Gasteiger partial charge < -0.3 is 19.8 Å². The maximum Gasteiger partial charge on any atom is 0.295 e. The van der Waals surface area contributed by atoms with Gasteiger partial charge in [-0.25, -0.2) is 0 Å². The highest BCUT2D eigenvalue weighted by molar-refractivity contribution is 5.90. The SMILES string of the molecule is O=C(c1noc(C2CCCN2)n1)N1CCC(CCO)C1. The number of aliphatic hydroxyl groups is 1. The van der Waals surface area contributed by atoms with E-state index in [1.54, 1.807) is 4.90 Å². The average molecular weight is 280 g/mol. The van der Waals surface area contributed by atoms with Crippen molar-refractivity contribution in [1.82, 2.24) is 20.4 Å². The molecule has 2 aliphatic heterocycles. The second-order valence-corrected chi connectivity index (χ2v) is 5.52. The second-order valence-electron chi connectivity index (χ2n) is 5.52. The molecule has 1 amide bonds. The first-order valence-electron chi connectivity index (χ1n) is 7.25. The van der Waals surface area contributed by atoms with Crippen LogP contribution in [-0.4, -0.2) is 52.3 Å². The van der Waals surface area contributed by atoms with Crippen LogP contribution in [0, 0.1) is 5.92 Å². The van der Waals surface area contributed by atoms with E-state index in [1.807, 2.05) is 0 Å². The molecule has 0 bridgehead atoms. The Morgan fingerprint density at radius 2 is 2.40 bits per heavy atom. The molecular formula is C13H20N4O3. The normalized spacial score (nSPS) is 26.4. The fourth-order valence-corrected chi connectivity index (χ4v) is 2.94. The highest BCUT2D eigenvalue weighted by atomic mass is 16.5. The van der Waals surface area contributed by atoms with Gasteiger partial charge in [0.1, 0.15) is 0 Å². The van der Waals surface area contributed by atoms with Gasteiger partial charge in [0.2, 0.25) is 5.89 Å². The number of hydrogen-bond acceptors (Lipinski definition) is 6. The Morgan fingerprint density at radius 3 is 3.15 bits per heavy atom. The fraction of sp³-hybridized carbons (Fsp3) is 0.769. The van der Waals surface area contributed by atoms with Crippen molar-refractivity contribution in [2.24, 2.45) is 5.92 Å². The number of aromatic nitrogens is 2. The molecule has 3 heterocycles. The van der Waals surface area contributed by atoms with E-state index in [9.17, 15) is 4.79 Å². The largest absolute Gasteiger partial charge is 0.396 e. The van der Waals surface area contributed by atoms with Crippen molar-refractivity contribution >= 4 is 5.91 Å². The van der Waals surface area contributed by atoms with Gasteiger partial charge in [-0.15, -0.1) is 0 Å². The van der Waals surface area contributed by atoms with Crippen LogP contribution in [0.1, 0.15) is 48.2 Å². The van der Waals surface area contributed by atoms with Crippen molar-refractivity contribution in [3.63, 3.8) is 0 Å². The lowest BCUT2D eigenvalue weighted by Gasteiger charge is -2.13. The summed E-state index contributed by atoms with van der Waals surface area (Å²) in [6, 6.07) is 0.0877. The van der Waals surface area contributed by atoms with Crippen molar-refractivity contribution in [3.05, 3.63) is 11.7 Å². The van der Waals surface area contributed by atoms with E-state index >= 15 is 0 Å². The summed E-state index contributed by atoms with van der Waals surface area (Å²) in [7, 11) is 0. The second kappa shape index (κ2) is 5.88. The summed E-state index contributed by atoms with van der Waals surface area (Å²) in [5, 5.41) is 16.0. The lowest BCUT2D eigenvalue weighted by Crippen LogP contribution is -2.29. The van der Waals surface area contributed by atoms with E-state index in [0.29, 0.717) is 24.9 Å². The van der Waals surface area contributed by atoms with E-state index in [0.717, 1.165) is 32.2 Å². The van der Waals surface area contributed by atoms with Crippen LogP contribution in [0.3, 0.4) is 0 Å². The Hall–Kier alpha value is -1.47. The minimum absolute atomic E-state index is 0.0877. The summed E-state index contributed by atoms with van der Waals surface area (Å²) in [4.78, 5) is 18.3. The molecule has 20 heavy (non-hydrogen) atoms. The van der Waals surface area contributed by atoms with Crippen molar-refractivity contribution in [3.8, 4) is 0 Å². The van der Waals surface area contributed by atoms with E-state index < -0.39 is 0 Å². The Morgan fingerprint density at radius 1 is 1.50 bits per heavy atom. The van der Waals surface area contributed by atoms with E-state index in [1.165, 1.54) is 0 Å². The van der Waals surface area contributed by atoms with Gasteiger partial charge in [-0.2, -0.15) is 4.98 Å². The molecular weight excluding hydrogens is 260 g/mol. The number of rotatable bonds is 4. The Kier molecular flexibility index (Phi) is 3.98. The average Bonchev–Trinajstić information content (AvgIpc) is 3.19. The molecule has 110 valence electrons. The molecule has 2 atom stereocenters. The third-order valence-corrected chi connectivity index (χ3v) is 4.10. The number of aliphatic hydroxyl groups excluding tert-OH is 1. The predicted octanol–water partition coefficient (Wildman–Crippen LogP) is 0.339. The lowest BCUT2D eigenvalue weighted by atomic mass is 10.1. The lowest BCUT2D eigenvalue weighted by molar-refractivity contribution is 0.0769. The summed E-state index contributed by atoms with van der Waals surface area (Å²) in [5.74, 6) is 0.876. The predicted molar refractivity (Wildman–Crippen MR) is 70.0 cm³/mol. The van der Waals surface area contributed by atoms with Crippen LogP contribution < -0.4 is 5.32 Å². The van der Waals surface area contributed by atoms with Gasteiger partial charge in [0, 0.05) is 19.7 Å². The first-order valence-corrected chi connectivity index (χ1v) is 7.25. The molecule has 2 unspecified atom stereocenters. The number of carbonyl (C=O) groups is 1. The minimum atomic E-state index is -0.168. The van der Waals surface area contributed by atoms with Crippen LogP contribution in [0.5, 0.6) is 0 Å². The number of carbonyl (C=O) groups excluding carboxylic acids is 1. The molecule has 2 saturated heterocycles. The molecule has 7 heteroatoms. The summed E-state index contributed by atoms with van der Waals surface area (Å²) < 4.78 is 5.19. The molecule has 3 rings (SSSR count). The third-order valence-electron chi connectivity index (χ3n) is 4.10. The van der Waals surface area contributed by atoms with Crippen LogP contribution in [0.15, 0.2) is 4.52 Å². The highest BCUT2D eigenvalue weighted by Crippen LogP contribution is 2.23. The Labute approximate surface area is 117 Å². The number of hydrogen-bond donors (Lipinski definition) is 2. The Balaban J connectivity index is 1.62. The number of nitrogens with one attached hydrogen (secondary N) is 1. The molecule has 7 nitrogen and oxygen atoms in total. The zero-order valence-electron chi connectivity index (χ0n) is 11.4. The van der Waals surface area contributed by atoms with Crippen molar-refractivity contribution in [2.75, 3.05) is 26.2 Å². The van der Waals surface area contributed by atoms with Crippen LogP contribution in [0.25, 0.3) is 0 Å². The molecule has 0 aliphatic carbocycles. The van der Waals surface area contributed by atoms with Crippen molar-refractivity contribution < 1.29 is 14.4 Å². The summed E-state index contributed by atoms with van der Waals surface area (Å²) in [6.07, 6.45) is 3.73. The van der Waals surface area contributed by atoms with Crippen LogP contribution in [0.4, 0.5) is 0 Å². The first kappa shape index (κ1) is 13.5. The highest BCUT2D eigenvalue weighted by Gasteiger charge is 2.30. The zero-order valence-corrected chi connectivity index (χ0v) is 11.4. The van der Waals surface area contributed by atoms with E-state index in [-0.39, 0.29) is 24.4 Å². The number of likely N-dealkylation sites (tertiary alicyclic amines) is 1. The summed E-state index contributed by atoms with van der Waals surface area (Å²) in [5.41, 5.74) is 0. The molecule has 2 aliphatic rings. The standard InChI is InChI=1S/C13H20N4O3/c18-7-4-9-3-6-17(8-9)13(19)11-15-12(20-16-11)10-2-1-5-14-10/h9-10,14,18H,1-8H2. The van der Waals surface area contributed by atoms with Crippen LogP contribution in [-0.2, 0) is 0 Å². The minimum Gasteiger partial charge on any atom is -0.396 e. The topological polar surface area (TPSA) is 91.5 Å². The molecule has 0 spiro atoms. The molecule has 1 aromatic rings. The van der Waals surface area contributed by atoms with E-state index in [4.69, 9.17) is 9.63 Å². The summed E-state index contributed by atoms with van der Waals surface area (Å²) in [6.45, 7) is 2.50. The van der Waals surface area contributed by atoms with Crippen molar-refractivity contribution in [2.45, 2.75) is 31.7 Å². The quantitative estimate of drug-likeness (QED) is 0.826. The van der Waals surface area contributed by atoms with Crippen LogP contribution >= 0.6 is 0 Å². The molecule has 1 aromatic heterocycles. The molecule has 0 radical (unpaired) electrons. The van der Waals surface area contributed by atoms with Gasteiger partial charge in [0.25, 0.3) is 11.7 Å². The van der Waals surface area contributed by atoms with Gasteiger partial charge >= 0.3 is 0 Å². The van der Waals surface area contributed by atoms with Gasteiger partial charge in [-0.05, 0) is 38.1 Å². The molecule has 2 N–H and O–H groups in total. The van der Waals surface area contributed by atoms with Crippen molar-refractivity contribution in [1.29, 1.82) is 0 Å². The molecule has 0 aromatic carbocycles. The first-order chi connectivity index (χ1) is 9.78. The Bertz CT molecular complexity index is 470. The van der Waals surface area contributed by atoms with Gasteiger partial charge in [-0.3, -0.25) is 4.79 Å². The monoisotopic (exact) mass is 280 g/mol. The maximum absolute atomic E-state index is 12.3. The number of nitrogens with zero attached hydrogens (tertiary/aromatic N) is 3. The van der Waals surface area contributed by atoms with E-state index in [2.05, 4.69) is 15.5 Å². The third kappa shape index (κ3) is 2.69. The van der Waals surface area contributed by atoms with Gasteiger partial charge in [0.15, 0.2) is 0 Å². The number of amides is 1. The fourth-order valence-electron chi connectivity index (χ4n) is 2.94. The smallest absolute Gasteiger partial charge is 0.295 e. The zero-order chi connectivity index (χ0) is 13.9. The maximum atomic E-state index is 12.3.